The van der Waals surface area contributed by atoms with Crippen molar-refractivity contribution in [3.8, 4) is 11.1 Å². The second kappa shape index (κ2) is 6.19. The first-order valence-corrected chi connectivity index (χ1v) is 10.1. The van der Waals surface area contributed by atoms with Crippen LogP contribution in [0.15, 0.2) is 30.3 Å². The molecule has 1 fully saturated rings. The molecule has 4 heteroatoms. The number of nitrogens with one attached hydrogen (secondary N) is 1. The number of hydrogen-bond acceptors (Lipinski definition) is 2. The zero-order valence-corrected chi connectivity index (χ0v) is 15.7. The molecular formula is C21H22Cl2N2. The van der Waals surface area contributed by atoms with Crippen molar-refractivity contribution in [2.24, 2.45) is 0 Å². The Morgan fingerprint density at radius 3 is 2.96 bits per heavy atom. The maximum absolute atomic E-state index is 6.53. The first-order valence-electron chi connectivity index (χ1n) is 9.32. The number of fused-ring (bicyclic) bond motifs is 3. The first-order chi connectivity index (χ1) is 12.2. The predicted octanol–water partition coefficient (Wildman–Crippen LogP) is 5.26. The summed E-state index contributed by atoms with van der Waals surface area (Å²) in [6, 6.07) is 11.3. The van der Waals surface area contributed by atoms with Gasteiger partial charge in [-0.2, -0.15) is 0 Å². The molecule has 0 aliphatic carbocycles. The lowest BCUT2D eigenvalue weighted by molar-refractivity contribution is 0.401. The van der Waals surface area contributed by atoms with Gasteiger partial charge >= 0.3 is 0 Å². The molecule has 25 heavy (non-hydrogen) atoms. The van der Waals surface area contributed by atoms with Crippen LogP contribution in [0.5, 0.6) is 0 Å². The second-order valence-electron chi connectivity index (χ2n) is 7.49. The van der Waals surface area contributed by atoms with E-state index in [2.05, 4.69) is 28.4 Å². The van der Waals surface area contributed by atoms with Gasteiger partial charge in [0.1, 0.15) is 0 Å². The fourth-order valence-electron chi connectivity index (χ4n) is 5.00. The molecule has 0 spiro atoms. The first kappa shape index (κ1) is 16.0. The number of benzene rings is 2. The van der Waals surface area contributed by atoms with E-state index in [-0.39, 0.29) is 0 Å². The van der Waals surface area contributed by atoms with Crippen molar-refractivity contribution in [2.75, 3.05) is 24.5 Å². The Labute approximate surface area is 159 Å². The Morgan fingerprint density at radius 1 is 1.12 bits per heavy atom. The number of halogens is 2. The lowest BCUT2D eigenvalue weighted by Gasteiger charge is -2.33. The number of rotatable bonds is 1. The summed E-state index contributed by atoms with van der Waals surface area (Å²) in [5, 5.41) is 4.90. The minimum atomic E-state index is 0.596. The van der Waals surface area contributed by atoms with Gasteiger partial charge in [-0.25, -0.2) is 0 Å². The van der Waals surface area contributed by atoms with E-state index in [1.54, 1.807) is 0 Å². The van der Waals surface area contributed by atoms with Gasteiger partial charge in [-0.3, -0.25) is 0 Å². The van der Waals surface area contributed by atoms with Crippen LogP contribution in [0, 0.1) is 0 Å². The van der Waals surface area contributed by atoms with Crippen LogP contribution in [-0.4, -0.2) is 25.7 Å². The third-order valence-electron chi connectivity index (χ3n) is 6.11. The second-order valence-corrected chi connectivity index (χ2v) is 8.28. The van der Waals surface area contributed by atoms with Gasteiger partial charge in [0.05, 0.1) is 10.0 Å². The molecule has 1 N–H and O–H groups in total. The molecule has 2 aromatic rings. The van der Waals surface area contributed by atoms with Crippen LogP contribution in [0.3, 0.4) is 0 Å². The van der Waals surface area contributed by atoms with Gasteiger partial charge in [0.2, 0.25) is 0 Å². The highest BCUT2D eigenvalue weighted by molar-refractivity contribution is 6.43. The lowest BCUT2D eigenvalue weighted by Crippen LogP contribution is -2.44. The Bertz CT molecular complexity index is 833. The van der Waals surface area contributed by atoms with Crippen molar-refractivity contribution in [1.82, 2.24) is 5.32 Å². The number of nitrogens with zero attached hydrogens (tertiary/aromatic N) is 1. The van der Waals surface area contributed by atoms with Crippen molar-refractivity contribution in [3.63, 3.8) is 0 Å². The van der Waals surface area contributed by atoms with Crippen LogP contribution >= 0.6 is 23.2 Å². The van der Waals surface area contributed by atoms with Gasteiger partial charge in [0, 0.05) is 36.3 Å². The molecule has 2 aromatic carbocycles. The molecular weight excluding hydrogens is 351 g/mol. The lowest BCUT2D eigenvalue weighted by atomic mass is 9.87. The van der Waals surface area contributed by atoms with Crippen LogP contribution in [0.4, 0.5) is 5.69 Å². The minimum Gasteiger partial charge on any atom is -0.367 e. The summed E-state index contributed by atoms with van der Waals surface area (Å²) in [5.41, 5.74) is 6.81. The van der Waals surface area contributed by atoms with Crippen molar-refractivity contribution in [3.05, 3.63) is 51.5 Å². The monoisotopic (exact) mass is 372 g/mol. The molecule has 0 bridgehead atoms. The maximum atomic E-state index is 6.53. The van der Waals surface area contributed by atoms with Crippen LogP contribution in [0.1, 0.15) is 36.3 Å². The van der Waals surface area contributed by atoms with Crippen molar-refractivity contribution in [2.45, 2.75) is 37.6 Å². The van der Waals surface area contributed by atoms with Gasteiger partial charge < -0.3 is 10.2 Å². The van der Waals surface area contributed by atoms with Gasteiger partial charge in [0.15, 0.2) is 0 Å². The van der Waals surface area contributed by atoms with Crippen LogP contribution < -0.4 is 10.2 Å². The third-order valence-corrected chi connectivity index (χ3v) is 6.93. The number of piperidine rings is 1. The fraction of sp³-hybridized carbons (Fsp3) is 0.429. The molecule has 0 unspecified atom stereocenters. The molecule has 3 heterocycles. The topological polar surface area (TPSA) is 15.3 Å². The Morgan fingerprint density at radius 2 is 2.04 bits per heavy atom. The highest BCUT2D eigenvalue weighted by atomic mass is 35.5. The van der Waals surface area contributed by atoms with E-state index in [0.717, 1.165) is 25.1 Å². The van der Waals surface area contributed by atoms with E-state index in [1.165, 1.54) is 48.2 Å². The molecule has 0 radical (unpaired) electrons. The van der Waals surface area contributed by atoms with E-state index in [0.29, 0.717) is 22.0 Å². The van der Waals surface area contributed by atoms with E-state index in [1.807, 2.05) is 12.1 Å². The average molecular weight is 373 g/mol. The largest absolute Gasteiger partial charge is 0.367 e. The van der Waals surface area contributed by atoms with Crippen molar-refractivity contribution < 1.29 is 0 Å². The summed E-state index contributed by atoms with van der Waals surface area (Å²) in [6.45, 7) is 3.42. The van der Waals surface area contributed by atoms with Crippen molar-refractivity contribution in [1.29, 1.82) is 0 Å². The zero-order valence-electron chi connectivity index (χ0n) is 14.2. The van der Waals surface area contributed by atoms with Crippen LogP contribution in [-0.2, 0) is 6.42 Å². The summed E-state index contributed by atoms with van der Waals surface area (Å²) in [4.78, 5) is 2.71. The van der Waals surface area contributed by atoms with Crippen LogP contribution in [0.2, 0.25) is 10.0 Å². The molecule has 0 saturated carbocycles. The van der Waals surface area contributed by atoms with Crippen molar-refractivity contribution >= 4 is 28.9 Å². The molecule has 5 rings (SSSR count). The van der Waals surface area contributed by atoms with Gasteiger partial charge in [-0.1, -0.05) is 35.3 Å². The molecule has 2 atom stereocenters. The molecule has 3 aliphatic heterocycles. The summed E-state index contributed by atoms with van der Waals surface area (Å²) >= 11 is 12.8. The van der Waals surface area contributed by atoms with Gasteiger partial charge in [-0.15, -0.1) is 0 Å². The van der Waals surface area contributed by atoms with E-state index < -0.39 is 0 Å². The average Bonchev–Trinajstić information content (AvgIpc) is 2.79. The Kier molecular flexibility index (Phi) is 3.96. The van der Waals surface area contributed by atoms with E-state index in [4.69, 9.17) is 23.2 Å². The number of hydrogen-bond donors (Lipinski definition) is 1. The smallest absolute Gasteiger partial charge is 0.0670 e. The fourth-order valence-corrected chi connectivity index (χ4v) is 5.41. The summed E-state index contributed by atoms with van der Waals surface area (Å²) < 4.78 is 0. The molecule has 0 amide bonds. The Balaban J connectivity index is 1.70. The molecule has 0 aromatic heterocycles. The molecule has 2 nitrogen and oxygen atoms in total. The van der Waals surface area contributed by atoms with Gasteiger partial charge in [-0.05, 0) is 67.1 Å². The standard InChI is InChI=1S/C21H22Cl2N2/c22-18-6-3-5-15(20(18)23)14-10-13-4-1-2-9-25-19-7-8-24-12-17(19)16(11-14)21(13)25/h3,5-6,10-11,17,19,24H,1-2,4,7-9,12H2/t17-,19-/m1/s1. The summed E-state index contributed by atoms with van der Waals surface area (Å²) in [5.74, 6) is 0.596. The molecule has 3 aliphatic rings. The van der Waals surface area contributed by atoms with E-state index >= 15 is 0 Å². The summed E-state index contributed by atoms with van der Waals surface area (Å²) in [6.07, 6.45) is 4.97. The normalized spacial score (nSPS) is 24.6. The zero-order chi connectivity index (χ0) is 17.0. The Hall–Kier alpha value is -1.22. The molecule has 1 saturated heterocycles. The predicted molar refractivity (Wildman–Crippen MR) is 106 cm³/mol. The highest BCUT2D eigenvalue weighted by Gasteiger charge is 2.41. The van der Waals surface area contributed by atoms with Crippen LogP contribution in [0.25, 0.3) is 11.1 Å². The third kappa shape index (κ3) is 2.50. The van der Waals surface area contributed by atoms with Gasteiger partial charge in [0.25, 0.3) is 0 Å². The van der Waals surface area contributed by atoms with E-state index in [9.17, 15) is 0 Å². The maximum Gasteiger partial charge on any atom is 0.0670 e. The SMILES string of the molecule is Clc1cccc(-c2cc3c4c(c2)[C@H]2CNCC[C@H]2N4CCCC3)c1Cl. The molecule has 130 valence electrons. The quantitative estimate of drug-likeness (QED) is 0.733. The minimum absolute atomic E-state index is 0.596. The highest BCUT2D eigenvalue weighted by Crippen LogP contribution is 2.49. The number of aryl methyl sites for hydroxylation is 1. The summed E-state index contributed by atoms with van der Waals surface area (Å²) in [7, 11) is 0. The number of anilines is 1.